The summed E-state index contributed by atoms with van der Waals surface area (Å²) in [6.45, 7) is 2.26. The Morgan fingerprint density at radius 1 is 1.26 bits per heavy atom. The van der Waals surface area contributed by atoms with Crippen LogP contribution in [-0.4, -0.2) is 50.3 Å². The Kier molecular flexibility index (Phi) is 5.25. The van der Waals surface area contributed by atoms with Gasteiger partial charge in [0.25, 0.3) is 5.91 Å². The van der Waals surface area contributed by atoms with Gasteiger partial charge in [-0.2, -0.15) is 0 Å². The van der Waals surface area contributed by atoms with Crippen molar-refractivity contribution in [2.45, 2.75) is 32.7 Å². The van der Waals surface area contributed by atoms with Crippen molar-refractivity contribution in [1.29, 1.82) is 0 Å². The fourth-order valence-electron chi connectivity index (χ4n) is 3.75. The average Bonchev–Trinajstić information content (AvgIpc) is 3.49. The van der Waals surface area contributed by atoms with E-state index in [1.807, 2.05) is 13.0 Å². The molecule has 4 rings (SSSR count). The van der Waals surface area contributed by atoms with Crippen molar-refractivity contribution in [2.75, 3.05) is 30.0 Å². The van der Waals surface area contributed by atoms with E-state index in [0.29, 0.717) is 40.6 Å². The van der Waals surface area contributed by atoms with Crippen LogP contribution in [0, 0.1) is 12.8 Å². The Bertz CT molecular complexity index is 1190. The first kappa shape index (κ1) is 21.3. The maximum absolute atomic E-state index is 12.8. The number of amides is 1. The number of hydrogen-bond acceptors (Lipinski definition) is 6. The maximum Gasteiger partial charge on any atom is 0.257 e. The van der Waals surface area contributed by atoms with Crippen LogP contribution < -0.4 is 9.62 Å². The van der Waals surface area contributed by atoms with Crippen LogP contribution >= 0.6 is 0 Å². The number of nitrogens with zero attached hydrogens (tertiary/aromatic N) is 3. The number of hydrogen-bond donors (Lipinski definition) is 1. The highest BCUT2D eigenvalue weighted by Gasteiger charge is 2.33. The quantitative estimate of drug-likeness (QED) is 0.708. The summed E-state index contributed by atoms with van der Waals surface area (Å²) in [5.41, 5.74) is 4.16. The molecule has 2 heterocycles. The molecule has 8 nitrogen and oxygen atoms in total. The Hall–Kier alpha value is -2.94. The summed E-state index contributed by atoms with van der Waals surface area (Å²) in [4.78, 5) is 31.3. The van der Waals surface area contributed by atoms with Gasteiger partial charge in [0.2, 0.25) is 10.0 Å². The molecule has 0 bridgehead atoms. The molecule has 1 N–H and O–H groups in total. The minimum atomic E-state index is -3.48. The smallest absolute Gasteiger partial charge is 0.257 e. The van der Waals surface area contributed by atoms with Gasteiger partial charge in [0, 0.05) is 26.4 Å². The van der Waals surface area contributed by atoms with Crippen molar-refractivity contribution in [3.05, 3.63) is 46.8 Å². The molecule has 164 valence electrons. The van der Waals surface area contributed by atoms with Gasteiger partial charge in [0.15, 0.2) is 0 Å². The van der Waals surface area contributed by atoms with Crippen LogP contribution in [0.25, 0.3) is 0 Å². The molecule has 1 amide bonds. The number of fused-ring (bicyclic) bond motifs is 1. The van der Waals surface area contributed by atoms with Crippen molar-refractivity contribution in [3.63, 3.8) is 0 Å². The number of carbonyl (C=O) groups excluding carboxylic acids is 2. The number of aryl methyl sites for hydroxylation is 1. The zero-order valence-corrected chi connectivity index (χ0v) is 18.9. The molecule has 0 unspecified atom stereocenters. The lowest BCUT2D eigenvalue weighted by Crippen LogP contribution is -2.25. The van der Waals surface area contributed by atoms with Crippen LogP contribution in [0.2, 0.25) is 0 Å². The largest absolute Gasteiger partial charge is 0.353 e. The highest BCUT2D eigenvalue weighted by Crippen LogP contribution is 2.36. The van der Waals surface area contributed by atoms with E-state index in [-0.39, 0.29) is 24.0 Å². The highest BCUT2D eigenvalue weighted by molar-refractivity contribution is 7.92. The summed E-state index contributed by atoms with van der Waals surface area (Å²) < 4.78 is 25.5. The van der Waals surface area contributed by atoms with Gasteiger partial charge in [0.05, 0.1) is 46.8 Å². The van der Waals surface area contributed by atoms with Gasteiger partial charge < -0.3 is 10.2 Å². The lowest BCUT2D eigenvalue weighted by Gasteiger charge is -2.22. The molecule has 0 atom stereocenters. The van der Waals surface area contributed by atoms with E-state index in [2.05, 4.69) is 10.3 Å². The fraction of sp³-hybridized carbons (Fsp3) is 0.409. The maximum atomic E-state index is 12.8. The first-order valence-corrected chi connectivity index (χ1v) is 12.0. The van der Waals surface area contributed by atoms with E-state index < -0.39 is 10.0 Å². The minimum absolute atomic E-state index is 0.128. The summed E-state index contributed by atoms with van der Waals surface area (Å²) in [6, 6.07) is 7.17. The molecule has 1 aromatic heterocycles. The van der Waals surface area contributed by atoms with Crippen LogP contribution in [0.15, 0.2) is 24.3 Å². The predicted octanol–water partition coefficient (Wildman–Crippen LogP) is 2.64. The van der Waals surface area contributed by atoms with Gasteiger partial charge in [-0.25, -0.2) is 8.42 Å². The number of benzene rings is 1. The molecule has 1 aromatic carbocycles. The topological polar surface area (TPSA) is 99.7 Å². The van der Waals surface area contributed by atoms with Gasteiger partial charge in [-0.15, -0.1) is 0 Å². The molecule has 1 aliphatic heterocycles. The number of Topliss-reactive ketones (excluding diaryl/α,β-unsaturated/α-hetero) is 1. The zero-order chi connectivity index (χ0) is 22.5. The minimum Gasteiger partial charge on any atom is -0.353 e. The van der Waals surface area contributed by atoms with Crippen molar-refractivity contribution in [3.8, 4) is 0 Å². The number of rotatable bonds is 7. The third-order valence-electron chi connectivity index (χ3n) is 5.74. The van der Waals surface area contributed by atoms with Crippen LogP contribution in [-0.2, 0) is 27.8 Å². The van der Waals surface area contributed by atoms with E-state index in [0.717, 1.165) is 24.7 Å². The Balaban J connectivity index is 1.77. The van der Waals surface area contributed by atoms with Crippen LogP contribution in [0.1, 0.15) is 40.2 Å². The molecular weight excluding hydrogens is 416 g/mol. The summed E-state index contributed by atoms with van der Waals surface area (Å²) in [5, 5.41) is 3.26. The lowest BCUT2D eigenvalue weighted by atomic mass is 10.1. The predicted molar refractivity (Wildman–Crippen MR) is 119 cm³/mol. The molecule has 2 aromatic rings. The number of carbonyl (C=O) groups is 2. The second kappa shape index (κ2) is 7.64. The van der Waals surface area contributed by atoms with Crippen LogP contribution in [0.5, 0.6) is 0 Å². The van der Waals surface area contributed by atoms with E-state index >= 15 is 0 Å². The van der Waals surface area contributed by atoms with Gasteiger partial charge in [-0.3, -0.25) is 18.9 Å². The number of sulfonamides is 1. The van der Waals surface area contributed by atoms with Crippen molar-refractivity contribution >= 4 is 38.8 Å². The van der Waals surface area contributed by atoms with E-state index in [1.165, 1.54) is 11.4 Å². The third kappa shape index (κ3) is 4.27. The second-order valence-corrected chi connectivity index (χ2v) is 10.5. The number of anilines is 3. The molecule has 0 spiro atoms. The molecule has 1 fully saturated rings. The van der Waals surface area contributed by atoms with Crippen LogP contribution in [0.3, 0.4) is 0 Å². The van der Waals surface area contributed by atoms with Gasteiger partial charge in [-0.1, -0.05) is 6.07 Å². The molecule has 1 saturated carbocycles. The molecule has 0 radical (unpaired) electrons. The van der Waals surface area contributed by atoms with Gasteiger partial charge in [-0.05, 0) is 43.5 Å². The van der Waals surface area contributed by atoms with E-state index in [9.17, 15) is 18.0 Å². The summed E-state index contributed by atoms with van der Waals surface area (Å²) >= 11 is 0. The molecule has 0 saturated heterocycles. The number of ketones is 1. The first-order valence-electron chi connectivity index (χ1n) is 10.2. The summed E-state index contributed by atoms with van der Waals surface area (Å²) in [5.74, 6) is 0.141. The van der Waals surface area contributed by atoms with E-state index in [1.54, 1.807) is 30.1 Å². The second-order valence-electron chi connectivity index (χ2n) is 8.44. The van der Waals surface area contributed by atoms with Gasteiger partial charge >= 0.3 is 0 Å². The monoisotopic (exact) mass is 442 g/mol. The molecule has 31 heavy (non-hydrogen) atoms. The first-order chi connectivity index (χ1) is 14.5. The number of nitrogens with one attached hydrogen (secondary N) is 1. The molecular formula is C22H26N4O4S. The molecule has 2 aliphatic rings. The summed E-state index contributed by atoms with van der Waals surface area (Å²) in [6.07, 6.45) is 3.24. The fourth-order valence-corrected chi connectivity index (χ4v) is 4.25. The Labute approximate surface area is 182 Å². The average molecular weight is 443 g/mol. The third-order valence-corrected chi connectivity index (χ3v) is 6.93. The lowest BCUT2D eigenvalue weighted by molar-refractivity contribution is -0.119. The summed E-state index contributed by atoms with van der Waals surface area (Å²) in [7, 11) is -0.287. The van der Waals surface area contributed by atoms with Crippen molar-refractivity contribution in [2.24, 2.45) is 5.92 Å². The molecule has 9 heteroatoms. The SMILES string of the molecule is Cc1ccc(Nc2cc(CC(=O)C3CC3)nc3c2C(=O)N(C)C3)c(N(C)S(C)(=O)=O)c1. The molecule has 1 aliphatic carbocycles. The van der Waals surface area contributed by atoms with Gasteiger partial charge in [0.1, 0.15) is 5.78 Å². The Morgan fingerprint density at radius 3 is 2.61 bits per heavy atom. The number of pyridine rings is 1. The highest BCUT2D eigenvalue weighted by atomic mass is 32.2. The van der Waals surface area contributed by atoms with Crippen molar-refractivity contribution < 1.29 is 18.0 Å². The zero-order valence-electron chi connectivity index (χ0n) is 18.1. The van der Waals surface area contributed by atoms with Crippen LogP contribution in [0.4, 0.5) is 17.1 Å². The van der Waals surface area contributed by atoms with E-state index in [4.69, 9.17) is 0 Å². The number of aromatic nitrogens is 1. The van der Waals surface area contributed by atoms with Crippen molar-refractivity contribution in [1.82, 2.24) is 9.88 Å². The Morgan fingerprint density at radius 2 is 1.97 bits per heavy atom. The normalized spacial score (nSPS) is 15.7. The standard InChI is InChI=1S/C22H26N4O4S/c1-13-5-8-16(19(9-13)26(3)31(4,29)30)24-17-10-15(11-20(27)14-6-7-14)23-18-12-25(2)22(28)21(17)18/h5,8-10,14H,6-7,11-12H2,1-4H3,(H,23,24).